The molecule has 1 aliphatic rings. The number of anilines is 2. The van der Waals surface area contributed by atoms with E-state index in [0.29, 0.717) is 12.2 Å². The maximum Gasteiger partial charge on any atom is 0.238 e. The van der Waals surface area contributed by atoms with Crippen molar-refractivity contribution < 1.29 is 9.59 Å². The first-order valence-electron chi connectivity index (χ1n) is 7.08. The monoisotopic (exact) mass is 290 g/mol. The second-order valence-corrected chi connectivity index (χ2v) is 5.50. The number of aryl methyl sites for hydroxylation is 1. The lowest BCUT2D eigenvalue weighted by molar-refractivity contribution is -0.130. The number of rotatable bonds is 3. The highest BCUT2D eigenvalue weighted by Crippen LogP contribution is 2.17. The topological polar surface area (TPSA) is 78.7 Å². The summed E-state index contributed by atoms with van der Waals surface area (Å²) < 4.78 is 0. The standard InChI is InChI=1S/C15H22N4O2/c1-11-8-12(16)4-5-13(11)17-14(20)9-19-7-3-6-18(2)15(21)10-19/h4-5,8H,3,6-7,9-10,16H2,1-2H3,(H,17,20). The minimum Gasteiger partial charge on any atom is -0.399 e. The first-order valence-corrected chi connectivity index (χ1v) is 7.08. The fourth-order valence-electron chi connectivity index (χ4n) is 2.40. The molecular formula is C15H22N4O2. The predicted molar refractivity (Wildman–Crippen MR) is 82.9 cm³/mol. The highest BCUT2D eigenvalue weighted by molar-refractivity contribution is 5.93. The van der Waals surface area contributed by atoms with E-state index in [-0.39, 0.29) is 18.4 Å². The highest BCUT2D eigenvalue weighted by atomic mass is 16.2. The van der Waals surface area contributed by atoms with Crippen LogP contribution in [0.2, 0.25) is 0 Å². The summed E-state index contributed by atoms with van der Waals surface area (Å²) in [6, 6.07) is 5.37. The number of nitrogens with zero attached hydrogens (tertiary/aromatic N) is 2. The van der Waals surface area contributed by atoms with Gasteiger partial charge >= 0.3 is 0 Å². The van der Waals surface area contributed by atoms with Crippen LogP contribution in [0.25, 0.3) is 0 Å². The summed E-state index contributed by atoms with van der Waals surface area (Å²) >= 11 is 0. The molecule has 1 aromatic carbocycles. The molecule has 2 rings (SSSR count). The molecule has 0 aliphatic carbocycles. The summed E-state index contributed by atoms with van der Waals surface area (Å²) in [4.78, 5) is 27.5. The van der Waals surface area contributed by atoms with Gasteiger partial charge in [-0.1, -0.05) is 0 Å². The van der Waals surface area contributed by atoms with E-state index in [2.05, 4.69) is 5.32 Å². The number of likely N-dealkylation sites (N-methyl/N-ethyl adjacent to an activating group) is 1. The van der Waals surface area contributed by atoms with Crippen LogP contribution in [0.15, 0.2) is 18.2 Å². The number of amides is 2. The van der Waals surface area contributed by atoms with Crippen LogP contribution in [0.5, 0.6) is 0 Å². The summed E-state index contributed by atoms with van der Waals surface area (Å²) in [6.45, 7) is 3.92. The van der Waals surface area contributed by atoms with Crippen LogP contribution in [0, 0.1) is 6.92 Å². The summed E-state index contributed by atoms with van der Waals surface area (Å²) in [5, 5.41) is 2.87. The van der Waals surface area contributed by atoms with Gasteiger partial charge < -0.3 is 16.0 Å². The summed E-state index contributed by atoms with van der Waals surface area (Å²) in [7, 11) is 1.80. The van der Waals surface area contributed by atoms with Crippen molar-refractivity contribution >= 4 is 23.2 Å². The molecule has 0 unspecified atom stereocenters. The van der Waals surface area contributed by atoms with E-state index >= 15 is 0 Å². The maximum atomic E-state index is 12.1. The Morgan fingerprint density at radius 1 is 1.38 bits per heavy atom. The van der Waals surface area contributed by atoms with Crippen LogP contribution in [0.3, 0.4) is 0 Å². The third-order valence-corrected chi connectivity index (χ3v) is 3.64. The Hall–Kier alpha value is -2.08. The van der Waals surface area contributed by atoms with E-state index in [0.717, 1.165) is 30.8 Å². The van der Waals surface area contributed by atoms with E-state index in [4.69, 9.17) is 5.73 Å². The van der Waals surface area contributed by atoms with Gasteiger partial charge in [0, 0.05) is 31.5 Å². The lowest BCUT2D eigenvalue weighted by Crippen LogP contribution is -2.38. The molecule has 0 radical (unpaired) electrons. The Morgan fingerprint density at radius 3 is 2.86 bits per heavy atom. The van der Waals surface area contributed by atoms with E-state index in [9.17, 15) is 9.59 Å². The average molecular weight is 290 g/mol. The van der Waals surface area contributed by atoms with Crippen molar-refractivity contribution in [2.45, 2.75) is 13.3 Å². The van der Waals surface area contributed by atoms with Gasteiger partial charge in [-0.05, 0) is 37.1 Å². The van der Waals surface area contributed by atoms with Crippen molar-refractivity contribution in [3.8, 4) is 0 Å². The third-order valence-electron chi connectivity index (χ3n) is 3.64. The van der Waals surface area contributed by atoms with E-state index in [1.807, 2.05) is 17.9 Å². The molecular weight excluding hydrogens is 268 g/mol. The third kappa shape index (κ3) is 4.19. The molecule has 0 saturated carbocycles. The predicted octanol–water partition coefficient (Wildman–Crippen LogP) is 0.680. The zero-order chi connectivity index (χ0) is 15.4. The van der Waals surface area contributed by atoms with Crippen molar-refractivity contribution in [2.75, 3.05) is 44.3 Å². The van der Waals surface area contributed by atoms with Crippen LogP contribution < -0.4 is 11.1 Å². The van der Waals surface area contributed by atoms with Gasteiger partial charge in [0.1, 0.15) is 0 Å². The fraction of sp³-hybridized carbons (Fsp3) is 0.467. The second kappa shape index (κ2) is 6.58. The summed E-state index contributed by atoms with van der Waals surface area (Å²) in [5.41, 5.74) is 8.05. The second-order valence-electron chi connectivity index (χ2n) is 5.50. The van der Waals surface area contributed by atoms with Crippen molar-refractivity contribution in [3.63, 3.8) is 0 Å². The van der Waals surface area contributed by atoms with Crippen molar-refractivity contribution in [3.05, 3.63) is 23.8 Å². The minimum atomic E-state index is -0.111. The number of nitrogen functional groups attached to an aromatic ring is 1. The number of benzene rings is 1. The normalized spacial score (nSPS) is 16.7. The molecule has 0 atom stereocenters. The van der Waals surface area contributed by atoms with Gasteiger partial charge in [0.15, 0.2) is 0 Å². The van der Waals surface area contributed by atoms with Gasteiger partial charge in [0.2, 0.25) is 11.8 Å². The highest BCUT2D eigenvalue weighted by Gasteiger charge is 2.20. The zero-order valence-corrected chi connectivity index (χ0v) is 12.6. The quantitative estimate of drug-likeness (QED) is 0.802. The molecule has 1 aromatic rings. The van der Waals surface area contributed by atoms with E-state index < -0.39 is 0 Å². The molecule has 6 heteroatoms. The van der Waals surface area contributed by atoms with Crippen LogP contribution in [-0.2, 0) is 9.59 Å². The van der Waals surface area contributed by atoms with Gasteiger partial charge in [0.25, 0.3) is 0 Å². The smallest absolute Gasteiger partial charge is 0.238 e. The average Bonchev–Trinajstić information content (AvgIpc) is 2.55. The molecule has 1 saturated heterocycles. The number of hydrogen-bond acceptors (Lipinski definition) is 4. The Labute approximate surface area is 124 Å². The molecule has 0 aromatic heterocycles. The SMILES string of the molecule is Cc1cc(N)ccc1NC(=O)CN1CCCN(C)C(=O)C1. The number of carbonyl (C=O) groups excluding carboxylic acids is 2. The van der Waals surface area contributed by atoms with Crippen LogP contribution in [-0.4, -0.2) is 54.8 Å². The van der Waals surface area contributed by atoms with Crippen LogP contribution in [0.4, 0.5) is 11.4 Å². The molecule has 1 aliphatic heterocycles. The van der Waals surface area contributed by atoms with Gasteiger partial charge in [-0.25, -0.2) is 0 Å². The molecule has 6 nitrogen and oxygen atoms in total. The Morgan fingerprint density at radius 2 is 2.14 bits per heavy atom. The van der Waals surface area contributed by atoms with Crippen LogP contribution >= 0.6 is 0 Å². The van der Waals surface area contributed by atoms with Gasteiger partial charge in [-0.2, -0.15) is 0 Å². The number of hydrogen-bond donors (Lipinski definition) is 2. The van der Waals surface area contributed by atoms with Gasteiger partial charge in [0.05, 0.1) is 13.1 Å². The summed E-state index contributed by atoms with van der Waals surface area (Å²) in [6.07, 6.45) is 0.885. The maximum absolute atomic E-state index is 12.1. The molecule has 3 N–H and O–H groups in total. The Bertz CT molecular complexity index is 544. The Kier molecular flexibility index (Phi) is 4.80. The minimum absolute atomic E-state index is 0.0592. The molecule has 21 heavy (non-hydrogen) atoms. The van der Waals surface area contributed by atoms with E-state index in [1.54, 1.807) is 24.1 Å². The largest absolute Gasteiger partial charge is 0.399 e. The lowest BCUT2D eigenvalue weighted by Gasteiger charge is -2.19. The molecule has 1 fully saturated rings. The molecule has 114 valence electrons. The van der Waals surface area contributed by atoms with Crippen molar-refractivity contribution in [1.82, 2.24) is 9.80 Å². The number of carbonyl (C=O) groups is 2. The first-order chi connectivity index (χ1) is 9.95. The number of nitrogens with two attached hydrogens (primary N) is 1. The van der Waals surface area contributed by atoms with Gasteiger partial charge in [-0.3, -0.25) is 14.5 Å². The molecule has 1 heterocycles. The molecule has 0 bridgehead atoms. The van der Waals surface area contributed by atoms with Crippen LogP contribution in [0.1, 0.15) is 12.0 Å². The zero-order valence-electron chi connectivity index (χ0n) is 12.6. The first kappa shape index (κ1) is 15.3. The summed E-state index contributed by atoms with van der Waals surface area (Å²) in [5.74, 6) is -0.0517. The molecule has 2 amide bonds. The van der Waals surface area contributed by atoms with Gasteiger partial charge in [-0.15, -0.1) is 0 Å². The fourth-order valence-corrected chi connectivity index (χ4v) is 2.40. The number of nitrogens with one attached hydrogen (secondary N) is 1. The van der Waals surface area contributed by atoms with Crippen molar-refractivity contribution in [1.29, 1.82) is 0 Å². The Balaban J connectivity index is 1.93. The molecule has 0 spiro atoms. The van der Waals surface area contributed by atoms with Crippen molar-refractivity contribution in [2.24, 2.45) is 0 Å². The lowest BCUT2D eigenvalue weighted by atomic mass is 10.2. The van der Waals surface area contributed by atoms with E-state index in [1.165, 1.54) is 0 Å².